The van der Waals surface area contributed by atoms with Gasteiger partial charge in [-0.2, -0.15) is 23.3 Å². The Hall–Kier alpha value is -2.84. The Bertz CT molecular complexity index is 1090. The molecule has 1 aromatic carbocycles. The molecule has 0 radical (unpaired) electrons. The standard InChI is InChI=1S/C20H24F3N5O/c1-18(2,3)28-15-14(10-25-28)16(29)27-17(26-15)24-11-19(4,5)12-7-6-8-13(9-12)20(21,22)23/h6-10H,11H2,1-5H3,(H2,24,26,27,29). The van der Waals surface area contributed by atoms with Gasteiger partial charge in [0, 0.05) is 12.0 Å². The smallest absolute Gasteiger partial charge is 0.355 e. The maximum Gasteiger partial charge on any atom is 0.416 e. The molecule has 0 fully saturated rings. The van der Waals surface area contributed by atoms with Crippen molar-refractivity contribution in [3.63, 3.8) is 0 Å². The van der Waals surface area contributed by atoms with E-state index in [1.165, 1.54) is 12.3 Å². The van der Waals surface area contributed by atoms with Gasteiger partial charge in [-0.1, -0.05) is 32.0 Å². The minimum atomic E-state index is -4.40. The molecule has 0 bridgehead atoms. The fourth-order valence-corrected chi connectivity index (χ4v) is 3.02. The van der Waals surface area contributed by atoms with E-state index in [0.29, 0.717) is 16.6 Å². The van der Waals surface area contributed by atoms with E-state index in [2.05, 4.69) is 20.4 Å². The summed E-state index contributed by atoms with van der Waals surface area (Å²) >= 11 is 0. The van der Waals surface area contributed by atoms with Gasteiger partial charge in [0.15, 0.2) is 5.65 Å². The van der Waals surface area contributed by atoms with Crippen LogP contribution in [0.25, 0.3) is 11.0 Å². The molecule has 0 amide bonds. The molecular formula is C20H24F3N5O. The SMILES string of the molecule is CC(C)(CNc1nc2c(cnn2C(C)(C)C)c(=O)[nH]1)c1cccc(C(F)(F)F)c1. The van der Waals surface area contributed by atoms with Crippen molar-refractivity contribution in [1.29, 1.82) is 0 Å². The predicted molar refractivity (Wildman–Crippen MR) is 106 cm³/mol. The summed E-state index contributed by atoms with van der Waals surface area (Å²) in [6.45, 7) is 9.77. The summed E-state index contributed by atoms with van der Waals surface area (Å²) in [5.74, 6) is 0.244. The van der Waals surface area contributed by atoms with E-state index in [-0.39, 0.29) is 23.6 Å². The molecule has 9 heteroatoms. The topological polar surface area (TPSA) is 75.6 Å². The van der Waals surface area contributed by atoms with Crippen molar-refractivity contribution >= 4 is 17.0 Å². The van der Waals surface area contributed by atoms with Crippen molar-refractivity contribution in [3.8, 4) is 0 Å². The van der Waals surface area contributed by atoms with E-state index >= 15 is 0 Å². The Labute approximate surface area is 166 Å². The molecule has 0 aliphatic heterocycles. The number of nitrogens with one attached hydrogen (secondary N) is 2. The lowest BCUT2D eigenvalue weighted by Gasteiger charge is -2.26. The molecule has 3 aromatic rings. The molecule has 156 valence electrons. The number of fused-ring (bicyclic) bond motifs is 1. The summed E-state index contributed by atoms with van der Waals surface area (Å²) in [5, 5.41) is 7.69. The normalized spacial score (nSPS) is 13.1. The first kappa shape index (κ1) is 20.9. The number of H-pyrrole nitrogens is 1. The summed E-state index contributed by atoms with van der Waals surface area (Å²) in [6, 6.07) is 5.25. The number of halogens is 3. The molecule has 0 aliphatic carbocycles. The third kappa shape index (κ3) is 4.28. The van der Waals surface area contributed by atoms with Gasteiger partial charge in [-0.25, -0.2) is 4.68 Å². The van der Waals surface area contributed by atoms with E-state index in [1.807, 2.05) is 34.6 Å². The second-order valence-corrected chi connectivity index (χ2v) is 8.70. The van der Waals surface area contributed by atoms with Gasteiger partial charge in [-0.05, 0) is 32.4 Å². The second-order valence-electron chi connectivity index (χ2n) is 8.70. The monoisotopic (exact) mass is 407 g/mol. The summed E-state index contributed by atoms with van der Waals surface area (Å²) in [5.41, 5.74) is -1.05. The number of anilines is 1. The molecule has 0 saturated heterocycles. The zero-order valence-electron chi connectivity index (χ0n) is 17.0. The van der Waals surface area contributed by atoms with Crippen LogP contribution in [0.15, 0.2) is 35.3 Å². The van der Waals surface area contributed by atoms with Crippen LogP contribution in [-0.2, 0) is 17.1 Å². The van der Waals surface area contributed by atoms with E-state index in [0.717, 1.165) is 12.1 Å². The van der Waals surface area contributed by atoms with Crippen LogP contribution in [0.4, 0.5) is 19.1 Å². The Morgan fingerprint density at radius 3 is 2.38 bits per heavy atom. The minimum absolute atomic E-state index is 0.244. The van der Waals surface area contributed by atoms with Crippen LogP contribution < -0.4 is 10.9 Å². The van der Waals surface area contributed by atoms with Crippen LogP contribution in [-0.4, -0.2) is 26.3 Å². The molecule has 2 heterocycles. The summed E-state index contributed by atoms with van der Waals surface area (Å²) in [7, 11) is 0. The summed E-state index contributed by atoms with van der Waals surface area (Å²) in [6.07, 6.45) is -2.93. The third-order valence-corrected chi connectivity index (χ3v) is 4.74. The number of aromatic amines is 1. The van der Waals surface area contributed by atoms with Crippen molar-refractivity contribution in [1.82, 2.24) is 19.7 Å². The average molecular weight is 407 g/mol. The first-order valence-electron chi connectivity index (χ1n) is 9.19. The number of hydrogen-bond donors (Lipinski definition) is 2. The number of aromatic nitrogens is 4. The highest BCUT2D eigenvalue weighted by atomic mass is 19.4. The zero-order chi connectivity index (χ0) is 21.6. The second kappa shape index (κ2) is 6.89. The van der Waals surface area contributed by atoms with E-state index in [9.17, 15) is 18.0 Å². The van der Waals surface area contributed by atoms with Crippen molar-refractivity contribution in [3.05, 3.63) is 51.9 Å². The number of rotatable bonds is 4. The molecule has 0 spiro atoms. The van der Waals surface area contributed by atoms with Crippen LogP contribution in [0, 0.1) is 0 Å². The quantitative estimate of drug-likeness (QED) is 0.677. The zero-order valence-corrected chi connectivity index (χ0v) is 17.0. The number of alkyl halides is 3. The molecule has 2 aromatic heterocycles. The molecule has 6 nitrogen and oxygen atoms in total. The lowest BCUT2D eigenvalue weighted by atomic mass is 9.84. The first-order valence-corrected chi connectivity index (χ1v) is 9.19. The highest BCUT2D eigenvalue weighted by molar-refractivity contribution is 5.74. The predicted octanol–water partition coefficient (Wildman–Crippen LogP) is 4.28. The summed E-state index contributed by atoms with van der Waals surface area (Å²) < 4.78 is 40.8. The van der Waals surface area contributed by atoms with Crippen LogP contribution in [0.2, 0.25) is 0 Å². The lowest BCUT2D eigenvalue weighted by Crippen LogP contribution is -2.30. The highest BCUT2D eigenvalue weighted by Gasteiger charge is 2.32. The minimum Gasteiger partial charge on any atom is -0.355 e. The van der Waals surface area contributed by atoms with Crippen LogP contribution in [0.1, 0.15) is 45.7 Å². The van der Waals surface area contributed by atoms with Gasteiger partial charge in [-0.3, -0.25) is 9.78 Å². The van der Waals surface area contributed by atoms with Gasteiger partial charge in [0.25, 0.3) is 5.56 Å². The van der Waals surface area contributed by atoms with Gasteiger partial charge >= 0.3 is 6.18 Å². The fraction of sp³-hybridized carbons (Fsp3) is 0.450. The Balaban J connectivity index is 1.89. The van der Waals surface area contributed by atoms with Gasteiger partial charge in [0.1, 0.15) is 5.39 Å². The number of benzene rings is 1. The lowest BCUT2D eigenvalue weighted by molar-refractivity contribution is -0.137. The van der Waals surface area contributed by atoms with Gasteiger partial charge in [0.2, 0.25) is 5.95 Å². The fourth-order valence-electron chi connectivity index (χ4n) is 3.02. The molecule has 2 N–H and O–H groups in total. The summed E-state index contributed by atoms with van der Waals surface area (Å²) in [4.78, 5) is 19.5. The molecule has 0 unspecified atom stereocenters. The molecule has 0 saturated carbocycles. The molecule has 0 atom stereocenters. The molecular weight excluding hydrogens is 383 g/mol. The Morgan fingerprint density at radius 2 is 1.76 bits per heavy atom. The van der Waals surface area contributed by atoms with Crippen LogP contribution >= 0.6 is 0 Å². The van der Waals surface area contributed by atoms with E-state index in [4.69, 9.17) is 0 Å². The molecule has 3 rings (SSSR count). The average Bonchev–Trinajstić information content (AvgIpc) is 3.04. The number of nitrogens with zero attached hydrogens (tertiary/aromatic N) is 3. The third-order valence-electron chi connectivity index (χ3n) is 4.74. The van der Waals surface area contributed by atoms with Crippen LogP contribution in [0.3, 0.4) is 0 Å². The number of hydrogen-bond acceptors (Lipinski definition) is 4. The maximum atomic E-state index is 13.0. The largest absolute Gasteiger partial charge is 0.416 e. The van der Waals surface area contributed by atoms with Crippen molar-refractivity contribution in [2.45, 2.75) is 51.7 Å². The van der Waals surface area contributed by atoms with Crippen LogP contribution in [0.5, 0.6) is 0 Å². The Kier molecular flexibility index (Phi) is 4.96. The van der Waals surface area contributed by atoms with Gasteiger partial charge in [0.05, 0.1) is 17.3 Å². The maximum absolute atomic E-state index is 13.0. The van der Waals surface area contributed by atoms with E-state index < -0.39 is 17.2 Å². The van der Waals surface area contributed by atoms with Crippen molar-refractivity contribution in [2.75, 3.05) is 11.9 Å². The van der Waals surface area contributed by atoms with Gasteiger partial charge in [-0.15, -0.1) is 0 Å². The highest BCUT2D eigenvalue weighted by Crippen LogP contribution is 2.33. The van der Waals surface area contributed by atoms with Crippen molar-refractivity contribution in [2.24, 2.45) is 0 Å². The van der Waals surface area contributed by atoms with E-state index in [1.54, 1.807) is 10.7 Å². The first-order chi connectivity index (χ1) is 13.3. The Morgan fingerprint density at radius 1 is 1.10 bits per heavy atom. The molecule has 29 heavy (non-hydrogen) atoms. The van der Waals surface area contributed by atoms with Crippen molar-refractivity contribution < 1.29 is 13.2 Å². The molecule has 0 aliphatic rings. The van der Waals surface area contributed by atoms with Gasteiger partial charge < -0.3 is 5.32 Å².